The Balaban J connectivity index is 0.00000264. The first-order valence-electron chi connectivity index (χ1n) is 5.77. The first-order valence-corrected chi connectivity index (χ1v) is 5.77. The molecule has 8 nitrogen and oxygen atoms in total. The summed E-state index contributed by atoms with van der Waals surface area (Å²) in [5, 5.41) is 36.3. The lowest BCUT2D eigenvalue weighted by Gasteiger charge is -2.08. The van der Waals surface area contributed by atoms with E-state index in [9.17, 15) is 19.2 Å². The number of carboxylic acids is 4. The van der Waals surface area contributed by atoms with E-state index in [1.54, 1.807) is 0 Å². The van der Waals surface area contributed by atoms with Crippen LogP contribution in [-0.2, 0) is 0 Å². The van der Waals surface area contributed by atoms with Crippen LogP contribution in [0.15, 0.2) is 24.3 Å². The highest BCUT2D eigenvalue weighted by Gasteiger charge is 2.21. The van der Waals surface area contributed by atoms with Crippen molar-refractivity contribution in [2.75, 3.05) is 0 Å². The molecular formula is C14H12O8. The molecule has 0 aliphatic rings. The molecule has 2 aromatic carbocycles. The number of aromatic carboxylic acids is 4. The van der Waals surface area contributed by atoms with Gasteiger partial charge in [0, 0.05) is 2.85 Å². The molecule has 2 aromatic rings. The van der Waals surface area contributed by atoms with E-state index in [2.05, 4.69) is 0 Å². The summed E-state index contributed by atoms with van der Waals surface area (Å²) in [5.74, 6) is -5.95. The first-order chi connectivity index (χ1) is 10.2. The summed E-state index contributed by atoms with van der Waals surface area (Å²) in [6, 6.07) is 4.00. The van der Waals surface area contributed by atoms with Crippen molar-refractivity contribution in [3.8, 4) is 0 Å². The maximum atomic E-state index is 11.1. The molecule has 2 rings (SSSR count). The van der Waals surface area contributed by atoms with Gasteiger partial charge in [-0.05, 0) is 35.0 Å². The molecule has 0 amide bonds. The Kier molecular flexibility index (Phi) is 3.52. The normalized spacial score (nSPS) is 10.4. The maximum absolute atomic E-state index is 11.1. The van der Waals surface area contributed by atoms with Crippen LogP contribution in [0.3, 0.4) is 0 Å². The summed E-state index contributed by atoms with van der Waals surface area (Å²) in [6.07, 6.45) is 0. The summed E-state index contributed by atoms with van der Waals surface area (Å²) >= 11 is 0. The van der Waals surface area contributed by atoms with Gasteiger partial charge in [-0.15, -0.1) is 0 Å². The van der Waals surface area contributed by atoms with E-state index < -0.39 is 46.1 Å². The van der Waals surface area contributed by atoms with Crippen molar-refractivity contribution in [3.63, 3.8) is 0 Å². The Morgan fingerprint density at radius 2 is 0.727 bits per heavy atom. The molecule has 0 bridgehead atoms. The second-order valence-corrected chi connectivity index (χ2v) is 4.36. The second-order valence-electron chi connectivity index (χ2n) is 4.36. The molecule has 0 aliphatic carbocycles. The van der Waals surface area contributed by atoms with Gasteiger partial charge in [0.25, 0.3) is 0 Å². The van der Waals surface area contributed by atoms with Crippen LogP contribution in [0.25, 0.3) is 10.8 Å². The minimum absolute atomic E-state index is 0. The van der Waals surface area contributed by atoms with Crippen LogP contribution in [0.5, 0.6) is 0 Å². The molecule has 0 unspecified atom stereocenters. The number of rotatable bonds is 4. The quantitative estimate of drug-likeness (QED) is 0.670. The summed E-state index contributed by atoms with van der Waals surface area (Å²) in [4.78, 5) is 44.4. The lowest BCUT2D eigenvalue weighted by atomic mass is 9.96. The van der Waals surface area contributed by atoms with Crippen molar-refractivity contribution in [1.29, 1.82) is 0 Å². The zero-order chi connectivity index (χ0) is 16.6. The van der Waals surface area contributed by atoms with Crippen LogP contribution < -0.4 is 0 Å². The number of benzene rings is 2. The molecule has 0 aromatic heterocycles. The number of hydrogen-bond donors (Lipinski definition) is 4. The molecule has 0 saturated carbocycles. The fourth-order valence-electron chi connectivity index (χ4n) is 2.06. The molecule has 116 valence electrons. The fraction of sp³-hybridized carbons (Fsp3) is 0. The van der Waals surface area contributed by atoms with E-state index in [0.29, 0.717) is 0 Å². The monoisotopic (exact) mass is 308 g/mol. The Morgan fingerprint density at radius 3 is 0.864 bits per heavy atom. The van der Waals surface area contributed by atoms with E-state index in [-0.39, 0.29) is 13.6 Å². The molecule has 0 saturated heterocycles. The van der Waals surface area contributed by atoms with Gasteiger partial charge in [-0.2, -0.15) is 0 Å². The SMILES string of the molecule is O=C(O)c1cc2cc(C(=O)O)c(C(=O)O)cc2cc1C(=O)O.[HH].[HH]. The van der Waals surface area contributed by atoms with E-state index in [1.165, 1.54) is 0 Å². The third kappa shape index (κ3) is 2.44. The number of hydrogen-bond acceptors (Lipinski definition) is 4. The minimum atomic E-state index is -1.49. The first kappa shape index (κ1) is 15.0. The molecule has 22 heavy (non-hydrogen) atoms. The zero-order valence-electron chi connectivity index (χ0n) is 10.7. The van der Waals surface area contributed by atoms with Crippen LogP contribution in [0, 0.1) is 0 Å². The maximum Gasteiger partial charge on any atom is 0.336 e. The number of carboxylic acid groups (broad SMARTS) is 4. The van der Waals surface area contributed by atoms with Crippen molar-refractivity contribution >= 4 is 34.6 Å². The smallest absolute Gasteiger partial charge is 0.336 e. The van der Waals surface area contributed by atoms with Crippen molar-refractivity contribution in [2.45, 2.75) is 0 Å². The molecule has 0 atom stereocenters. The lowest BCUT2D eigenvalue weighted by molar-refractivity contribution is 0.0651. The highest BCUT2D eigenvalue weighted by molar-refractivity contribution is 6.10. The van der Waals surface area contributed by atoms with Gasteiger partial charge in [0.15, 0.2) is 0 Å². The second kappa shape index (κ2) is 5.17. The summed E-state index contributed by atoms with van der Waals surface area (Å²) < 4.78 is 0. The summed E-state index contributed by atoms with van der Waals surface area (Å²) in [6.45, 7) is 0. The number of fused-ring (bicyclic) bond motifs is 1. The molecule has 0 aliphatic heterocycles. The third-order valence-corrected chi connectivity index (χ3v) is 3.03. The average Bonchev–Trinajstić information content (AvgIpc) is 2.43. The predicted molar refractivity (Wildman–Crippen MR) is 76.0 cm³/mol. The lowest BCUT2D eigenvalue weighted by Crippen LogP contribution is -2.10. The van der Waals surface area contributed by atoms with Crippen molar-refractivity contribution in [3.05, 3.63) is 46.5 Å². The zero-order valence-corrected chi connectivity index (χ0v) is 10.7. The molecule has 0 spiro atoms. The molecular weight excluding hydrogens is 296 g/mol. The molecule has 0 heterocycles. The Hall–Kier alpha value is -3.42. The van der Waals surface area contributed by atoms with Crippen LogP contribution in [0.1, 0.15) is 44.3 Å². The van der Waals surface area contributed by atoms with E-state index in [1.807, 2.05) is 0 Å². The van der Waals surface area contributed by atoms with Gasteiger partial charge >= 0.3 is 23.9 Å². The van der Waals surface area contributed by atoms with E-state index >= 15 is 0 Å². The minimum Gasteiger partial charge on any atom is -0.478 e. The van der Waals surface area contributed by atoms with Crippen LogP contribution in [0.4, 0.5) is 0 Å². The standard InChI is InChI=1S/C14H8O8.2H2/c15-11(16)7-1-5-2-9(13(19)20)10(14(21)22)4-6(5)3-8(7)12(17)18;;/h1-4H,(H,15,16)(H,17,18)(H,19,20)(H,21,22);2*1H. The van der Waals surface area contributed by atoms with Crippen LogP contribution in [-0.4, -0.2) is 44.3 Å². The van der Waals surface area contributed by atoms with Crippen LogP contribution in [0.2, 0.25) is 0 Å². The molecule has 0 radical (unpaired) electrons. The molecule has 0 fully saturated rings. The summed E-state index contributed by atoms with van der Waals surface area (Å²) in [7, 11) is 0. The Bertz CT molecular complexity index is 722. The topological polar surface area (TPSA) is 149 Å². The van der Waals surface area contributed by atoms with Gasteiger partial charge in [0.05, 0.1) is 22.3 Å². The average molecular weight is 308 g/mol. The molecule has 4 N–H and O–H groups in total. The van der Waals surface area contributed by atoms with Gasteiger partial charge in [0.2, 0.25) is 0 Å². The van der Waals surface area contributed by atoms with Gasteiger partial charge in [-0.25, -0.2) is 19.2 Å². The van der Waals surface area contributed by atoms with Gasteiger partial charge in [0.1, 0.15) is 0 Å². The van der Waals surface area contributed by atoms with Crippen molar-refractivity contribution in [2.24, 2.45) is 0 Å². The van der Waals surface area contributed by atoms with Crippen molar-refractivity contribution < 1.29 is 42.5 Å². The largest absolute Gasteiger partial charge is 0.478 e. The van der Waals surface area contributed by atoms with Crippen molar-refractivity contribution in [1.82, 2.24) is 0 Å². The highest BCUT2D eigenvalue weighted by atomic mass is 16.4. The van der Waals surface area contributed by atoms with E-state index in [0.717, 1.165) is 24.3 Å². The highest BCUT2D eigenvalue weighted by Crippen LogP contribution is 2.25. The Labute approximate surface area is 124 Å². The van der Waals surface area contributed by atoms with Crippen LogP contribution >= 0.6 is 0 Å². The van der Waals surface area contributed by atoms with Gasteiger partial charge in [-0.3, -0.25) is 0 Å². The van der Waals surface area contributed by atoms with Gasteiger partial charge in [-0.1, -0.05) is 0 Å². The van der Waals surface area contributed by atoms with E-state index in [4.69, 9.17) is 20.4 Å². The molecule has 8 heteroatoms. The van der Waals surface area contributed by atoms with Gasteiger partial charge < -0.3 is 20.4 Å². The number of carbonyl (C=O) groups is 4. The summed E-state index contributed by atoms with van der Waals surface area (Å²) in [5.41, 5.74) is -2.06. The predicted octanol–water partition coefficient (Wildman–Crippen LogP) is 2.12. The fourth-order valence-corrected chi connectivity index (χ4v) is 2.06. The third-order valence-electron chi connectivity index (χ3n) is 3.03. The Morgan fingerprint density at radius 1 is 0.545 bits per heavy atom.